The summed E-state index contributed by atoms with van der Waals surface area (Å²) in [4.78, 5) is 29.6. The number of amides is 2. The normalized spacial score (nSPS) is 21.2. The Labute approximate surface area is 183 Å². The summed E-state index contributed by atoms with van der Waals surface area (Å²) in [6, 6.07) is 7.95. The first-order chi connectivity index (χ1) is 14.6. The second kappa shape index (κ2) is 8.30. The number of aryl methyl sites for hydroxylation is 1. The molecule has 0 spiro atoms. The second-order valence-corrected chi connectivity index (χ2v) is 9.92. The highest BCUT2D eigenvalue weighted by atomic mass is 32.1. The largest absolute Gasteiger partial charge is 0.355 e. The number of hydrogen-bond acceptors (Lipinski definition) is 3. The third kappa shape index (κ3) is 4.49. The molecule has 1 aliphatic heterocycles. The van der Waals surface area contributed by atoms with Gasteiger partial charge in [-0.05, 0) is 42.7 Å². The molecule has 1 N–H and O–H groups in total. The van der Waals surface area contributed by atoms with Gasteiger partial charge in [-0.3, -0.25) is 9.59 Å². The van der Waals surface area contributed by atoms with Crippen molar-refractivity contribution in [2.75, 3.05) is 13.1 Å². The molecule has 1 aromatic carbocycles. The van der Waals surface area contributed by atoms with Crippen molar-refractivity contribution in [2.24, 2.45) is 11.8 Å². The van der Waals surface area contributed by atoms with Gasteiger partial charge in [0, 0.05) is 41.6 Å². The molecule has 166 valence electrons. The van der Waals surface area contributed by atoms with Gasteiger partial charge >= 0.3 is 0 Å². The molecule has 0 radical (unpaired) electrons. The Kier molecular flexibility index (Phi) is 5.85. The Balaban J connectivity index is 1.49. The minimum atomic E-state index is -2.75. The highest BCUT2D eigenvalue weighted by molar-refractivity contribution is 7.12. The average Bonchev–Trinajstić information content (AvgIpc) is 3.09. The summed E-state index contributed by atoms with van der Waals surface area (Å²) in [5.74, 6) is -4.82. The molecule has 2 heterocycles. The molecule has 0 bridgehead atoms. The molecular formula is C23H25F3N2O2S. The van der Waals surface area contributed by atoms with Crippen LogP contribution in [0.5, 0.6) is 0 Å². The molecule has 8 heteroatoms. The van der Waals surface area contributed by atoms with Crippen molar-refractivity contribution in [3.8, 4) is 0 Å². The van der Waals surface area contributed by atoms with Crippen LogP contribution in [0.25, 0.3) is 0 Å². The van der Waals surface area contributed by atoms with E-state index >= 15 is 0 Å². The van der Waals surface area contributed by atoms with Crippen molar-refractivity contribution in [3.05, 3.63) is 57.0 Å². The van der Waals surface area contributed by atoms with E-state index in [2.05, 4.69) is 11.4 Å². The number of hydrogen-bond donors (Lipinski definition) is 1. The predicted molar refractivity (Wildman–Crippen MR) is 113 cm³/mol. The maximum atomic E-state index is 13.5. The van der Waals surface area contributed by atoms with Gasteiger partial charge in [-0.1, -0.05) is 19.1 Å². The highest BCUT2D eigenvalue weighted by Crippen LogP contribution is 2.42. The molecule has 1 fully saturated rings. The first-order valence-corrected chi connectivity index (χ1v) is 11.3. The number of nitrogens with zero attached hydrogens (tertiary/aromatic N) is 1. The SMILES string of the molecule is Cc1cc2c(s1)CCN(C(=O)C(C)CNC(=O)C1CC(F)(F)C1)C2c1ccc(F)cc1. The fourth-order valence-electron chi connectivity index (χ4n) is 4.38. The number of carbonyl (C=O) groups is 2. The van der Waals surface area contributed by atoms with Crippen LogP contribution in [0, 0.1) is 24.6 Å². The third-order valence-electron chi connectivity index (χ3n) is 6.08. The van der Waals surface area contributed by atoms with E-state index in [9.17, 15) is 22.8 Å². The van der Waals surface area contributed by atoms with E-state index in [1.54, 1.807) is 35.3 Å². The van der Waals surface area contributed by atoms with Gasteiger partial charge in [-0.15, -0.1) is 11.3 Å². The van der Waals surface area contributed by atoms with Crippen molar-refractivity contribution in [2.45, 2.75) is 45.1 Å². The Morgan fingerprint density at radius 1 is 1.26 bits per heavy atom. The third-order valence-corrected chi connectivity index (χ3v) is 7.21. The first kappa shape index (κ1) is 21.9. The van der Waals surface area contributed by atoms with Gasteiger partial charge in [0.15, 0.2) is 0 Å². The van der Waals surface area contributed by atoms with Crippen molar-refractivity contribution in [1.29, 1.82) is 0 Å². The molecule has 1 aromatic heterocycles. The number of alkyl halides is 2. The smallest absolute Gasteiger partial charge is 0.249 e. The predicted octanol–water partition coefficient (Wildman–Crippen LogP) is 4.47. The van der Waals surface area contributed by atoms with Gasteiger partial charge in [0.1, 0.15) is 5.82 Å². The van der Waals surface area contributed by atoms with E-state index in [4.69, 9.17) is 0 Å². The summed E-state index contributed by atoms with van der Waals surface area (Å²) in [7, 11) is 0. The summed E-state index contributed by atoms with van der Waals surface area (Å²) < 4.78 is 39.5. The highest BCUT2D eigenvalue weighted by Gasteiger charge is 2.48. The van der Waals surface area contributed by atoms with Crippen LogP contribution in [-0.4, -0.2) is 35.7 Å². The van der Waals surface area contributed by atoms with Crippen LogP contribution < -0.4 is 5.32 Å². The lowest BCUT2D eigenvalue weighted by Crippen LogP contribution is -2.48. The second-order valence-electron chi connectivity index (χ2n) is 8.58. The number of thiophene rings is 1. The van der Waals surface area contributed by atoms with Gasteiger partial charge < -0.3 is 10.2 Å². The fourth-order valence-corrected chi connectivity index (χ4v) is 5.44. The van der Waals surface area contributed by atoms with Gasteiger partial charge in [0.2, 0.25) is 17.7 Å². The molecule has 4 rings (SSSR count). The zero-order valence-corrected chi connectivity index (χ0v) is 18.3. The Hall–Kier alpha value is -2.35. The number of carbonyl (C=O) groups excluding carboxylic acids is 2. The van der Waals surface area contributed by atoms with Crippen molar-refractivity contribution >= 4 is 23.2 Å². The zero-order valence-electron chi connectivity index (χ0n) is 17.5. The molecule has 2 unspecified atom stereocenters. The van der Waals surface area contributed by atoms with E-state index in [1.165, 1.54) is 17.0 Å². The number of benzene rings is 1. The first-order valence-electron chi connectivity index (χ1n) is 10.5. The summed E-state index contributed by atoms with van der Waals surface area (Å²) in [6.07, 6.45) is -0.117. The summed E-state index contributed by atoms with van der Waals surface area (Å²) >= 11 is 1.71. The van der Waals surface area contributed by atoms with Crippen molar-refractivity contribution < 1.29 is 22.8 Å². The summed E-state index contributed by atoms with van der Waals surface area (Å²) in [5, 5.41) is 2.66. The Morgan fingerprint density at radius 3 is 2.58 bits per heavy atom. The van der Waals surface area contributed by atoms with E-state index in [-0.39, 0.29) is 24.3 Å². The molecule has 1 aliphatic carbocycles. The van der Waals surface area contributed by atoms with Gasteiger partial charge in [-0.2, -0.15) is 0 Å². The van der Waals surface area contributed by atoms with Crippen LogP contribution in [0.1, 0.15) is 46.7 Å². The Bertz CT molecular complexity index is 981. The molecule has 2 aliphatic rings. The van der Waals surface area contributed by atoms with Crippen LogP contribution in [-0.2, 0) is 16.0 Å². The molecule has 0 saturated heterocycles. The van der Waals surface area contributed by atoms with Crippen molar-refractivity contribution in [3.63, 3.8) is 0 Å². The van der Waals surface area contributed by atoms with Crippen LogP contribution >= 0.6 is 11.3 Å². The van der Waals surface area contributed by atoms with E-state index in [0.29, 0.717) is 6.54 Å². The van der Waals surface area contributed by atoms with Gasteiger partial charge in [-0.25, -0.2) is 13.2 Å². The minimum absolute atomic E-state index is 0.0991. The quantitative estimate of drug-likeness (QED) is 0.731. The van der Waals surface area contributed by atoms with Crippen LogP contribution in [0.4, 0.5) is 13.2 Å². The van der Waals surface area contributed by atoms with Crippen LogP contribution in [0.3, 0.4) is 0 Å². The van der Waals surface area contributed by atoms with Gasteiger partial charge in [0.05, 0.1) is 12.0 Å². The lowest BCUT2D eigenvalue weighted by molar-refractivity contribution is -0.150. The van der Waals surface area contributed by atoms with Crippen LogP contribution in [0.15, 0.2) is 30.3 Å². The number of fused-ring (bicyclic) bond motifs is 1. The molecule has 4 nitrogen and oxygen atoms in total. The molecule has 1 saturated carbocycles. The van der Waals surface area contributed by atoms with Crippen molar-refractivity contribution in [1.82, 2.24) is 10.2 Å². The zero-order chi connectivity index (χ0) is 22.3. The molecule has 2 atom stereocenters. The molecule has 31 heavy (non-hydrogen) atoms. The molecule has 2 aromatic rings. The van der Waals surface area contributed by atoms with E-state index in [1.807, 2.05) is 6.92 Å². The maximum absolute atomic E-state index is 13.5. The fraction of sp³-hybridized carbons (Fsp3) is 0.478. The van der Waals surface area contributed by atoms with Crippen LogP contribution in [0.2, 0.25) is 0 Å². The molecule has 2 amide bonds. The lowest BCUT2D eigenvalue weighted by Gasteiger charge is -2.38. The minimum Gasteiger partial charge on any atom is -0.355 e. The average molecular weight is 451 g/mol. The topological polar surface area (TPSA) is 49.4 Å². The summed E-state index contributed by atoms with van der Waals surface area (Å²) in [6.45, 7) is 4.38. The number of rotatable bonds is 5. The van der Waals surface area contributed by atoms with Gasteiger partial charge in [0.25, 0.3) is 0 Å². The lowest BCUT2D eigenvalue weighted by atomic mass is 9.80. The summed E-state index contributed by atoms with van der Waals surface area (Å²) in [5.41, 5.74) is 1.89. The Morgan fingerprint density at radius 2 is 1.94 bits per heavy atom. The molecular weight excluding hydrogens is 425 g/mol. The monoisotopic (exact) mass is 450 g/mol. The number of nitrogens with one attached hydrogen (secondary N) is 1. The number of halogens is 3. The standard InChI is InChI=1S/C23H25F3N2O2S/c1-13(12-27-21(29)16-10-23(25,26)11-16)22(30)28-8-7-19-18(9-14(2)31-19)20(28)15-3-5-17(24)6-4-15/h3-6,9,13,16,20H,7-8,10-12H2,1-2H3,(H,27,29). The van der Waals surface area contributed by atoms with E-state index < -0.39 is 36.5 Å². The van der Waals surface area contributed by atoms with E-state index in [0.717, 1.165) is 22.4 Å². The maximum Gasteiger partial charge on any atom is 0.249 e.